The number of carboxylic acid groups (broad SMARTS) is 1. The van der Waals surface area contributed by atoms with Gasteiger partial charge in [-0.15, -0.1) is 0 Å². The number of hydrogen-bond donors (Lipinski definition) is 1. The molecule has 0 aliphatic heterocycles. The van der Waals surface area contributed by atoms with Gasteiger partial charge in [-0.3, -0.25) is 14.3 Å². The summed E-state index contributed by atoms with van der Waals surface area (Å²) in [6.07, 6.45) is 4.35. The Morgan fingerprint density at radius 3 is 2.34 bits per heavy atom. The third-order valence-electron chi connectivity index (χ3n) is 6.13. The zero-order valence-electron chi connectivity index (χ0n) is 20.4. The van der Waals surface area contributed by atoms with E-state index in [4.69, 9.17) is 4.74 Å². The van der Waals surface area contributed by atoms with E-state index in [2.05, 4.69) is 9.97 Å². The fraction of sp³-hybridized carbons (Fsp3) is 0.0690. The molecular weight excluding hydrogens is 502 g/mol. The molecule has 38 heavy (non-hydrogen) atoms. The van der Waals surface area contributed by atoms with Crippen LogP contribution in [0.5, 0.6) is 5.75 Å². The van der Waals surface area contributed by atoms with E-state index >= 15 is 0 Å². The fourth-order valence-electron chi connectivity index (χ4n) is 4.30. The third-order valence-corrected chi connectivity index (χ3v) is 7.89. The summed E-state index contributed by atoms with van der Waals surface area (Å²) in [6.45, 7) is -0.142. The minimum absolute atomic E-state index is 0.0114. The zero-order chi connectivity index (χ0) is 26.7. The molecule has 0 unspecified atom stereocenters. The number of para-hydroxylation sites is 1. The predicted molar refractivity (Wildman–Crippen MR) is 145 cm³/mol. The second-order valence-corrected chi connectivity index (χ2v) is 10.3. The molecule has 0 spiro atoms. The Labute approximate surface area is 219 Å². The van der Waals surface area contributed by atoms with Gasteiger partial charge in [0.2, 0.25) is 0 Å². The van der Waals surface area contributed by atoms with Crippen molar-refractivity contribution in [2.24, 2.45) is 0 Å². The second-order valence-electron chi connectivity index (χ2n) is 8.44. The van der Waals surface area contributed by atoms with Gasteiger partial charge >= 0.3 is 5.97 Å². The van der Waals surface area contributed by atoms with Crippen LogP contribution in [0.25, 0.3) is 22.0 Å². The van der Waals surface area contributed by atoms with Crippen molar-refractivity contribution >= 4 is 32.6 Å². The summed E-state index contributed by atoms with van der Waals surface area (Å²) in [6, 6.07) is 24.3. The summed E-state index contributed by atoms with van der Waals surface area (Å²) in [5, 5.41) is 10.5. The highest BCUT2D eigenvalue weighted by Gasteiger charge is 2.31. The highest BCUT2D eigenvalue weighted by molar-refractivity contribution is 7.92. The smallest absolute Gasteiger partial charge is 0.339 e. The molecular formula is C29H23N3O5S. The SMILES string of the molecule is COc1ccc(S(=O)(=O)N(Cc2cccnc2)c2c(C(=O)O)cnc3c(-c4ccccc4)cccc23)cc1. The Kier molecular flexibility index (Phi) is 6.76. The lowest BCUT2D eigenvalue weighted by atomic mass is 10.00. The van der Waals surface area contributed by atoms with E-state index < -0.39 is 16.0 Å². The molecule has 190 valence electrons. The van der Waals surface area contributed by atoms with Crippen LogP contribution in [-0.2, 0) is 16.6 Å². The van der Waals surface area contributed by atoms with Crippen molar-refractivity contribution in [2.45, 2.75) is 11.4 Å². The van der Waals surface area contributed by atoms with Crippen LogP contribution in [-0.4, -0.2) is 36.6 Å². The summed E-state index contributed by atoms with van der Waals surface area (Å²) in [5.41, 5.74) is 2.49. The highest BCUT2D eigenvalue weighted by atomic mass is 32.2. The van der Waals surface area contributed by atoms with Crippen molar-refractivity contribution in [3.63, 3.8) is 0 Å². The van der Waals surface area contributed by atoms with E-state index in [1.807, 2.05) is 36.4 Å². The molecule has 0 saturated carbocycles. The zero-order valence-corrected chi connectivity index (χ0v) is 21.2. The number of sulfonamides is 1. The molecule has 0 fully saturated rings. The van der Waals surface area contributed by atoms with Crippen LogP contribution in [0.2, 0.25) is 0 Å². The van der Waals surface area contributed by atoms with E-state index in [9.17, 15) is 18.3 Å². The van der Waals surface area contributed by atoms with Gasteiger partial charge in [0.05, 0.1) is 29.8 Å². The molecule has 2 heterocycles. The standard InChI is InChI=1S/C29H23N3O5S/c1-37-22-12-14-23(15-13-22)38(35,36)32(19-20-7-6-16-30-17-20)28-25-11-5-10-24(21-8-3-2-4-9-21)27(25)31-18-26(28)29(33)34/h2-18H,19H2,1H3,(H,33,34). The van der Waals surface area contributed by atoms with Crippen LogP contribution in [0.1, 0.15) is 15.9 Å². The molecule has 0 atom stereocenters. The Morgan fingerprint density at radius 1 is 0.921 bits per heavy atom. The van der Waals surface area contributed by atoms with Gasteiger partial charge < -0.3 is 9.84 Å². The molecule has 0 bridgehead atoms. The summed E-state index contributed by atoms with van der Waals surface area (Å²) >= 11 is 0. The lowest BCUT2D eigenvalue weighted by Gasteiger charge is -2.27. The number of rotatable bonds is 8. The number of carboxylic acids is 1. The molecule has 9 heteroatoms. The van der Waals surface area contributed by atoms with Crippen molar-refractivity contribution < 1.29 is 23.1 Å². The summed E-state index contributed by atoms with van der Waals surface area (Å²) in [7, 11) is -2.75. The fourth-order valence-corrected chi connectivity index (χ4v) is 5.79. The van der Waals surface area contributed by atoms with Gasteiger partial charge in [-0.2, -0.15) is 0 Å². The maximum absolute atomic E-state index is 14.2. The first-order valence-corrected chi connectivity index (χ1v) is 13.1. The predicted octanol–water partition coefficient (Wildman–Crippen LogP) is 5.40. The van der Waals surface area contributed by atoms with E-state index in [1.54, 1.807) is 48.8 Å². The number of carbonyl (C=O) groups is 1. The lowest BCUT2D eigenvalue weighted by Crippen LogP contribution is -2.32. The first kappa shape index (κ1) is 24.9. The van der Waals surface area contributed by atoms with Gasteiger partial charge in [0.25, 0.3) is 10.0 Å². The van der Waals surface area contributed by atoms with Crippen molar-refractivity contribution in [2.75, 3.05) is 11.4 Å². The van der Waals surface area contributed by atoms with Crippen LogP contribution in [0.3, 0.4) is 0 Å². The maximum atomic E-state index is 14.2. The molecule has 0 radical (unpaired) electrons. The Morgan fingerprint density at radius 2 is 1.68 bits per heavy atom. The molecule has 0 aliphatic rings. The molecule has 0 saturated heterocycles. The van der Waals surface area contributed by atoms with Gasteiger partial charge in [0.1, 0.15) is 11.3 Å². The van der Waals surface area contributed by atoms with Crippen molar-refractivity contribution in [1.82, 2.24) is 9.97 Å². The van der Waals surface area contributed by atoms with Crippen LogP contribution in [0, 0.1) is 0 Å². The molecule has 2 aromatic heterocycles. The first-order valence-electron chi connectivity index (χ1n) is 11.7. The number of pyridine rings is 2. The van der Waals surface area contributed by atoms with Gasteiger partial charge in [0, 0.05) is 29.5 Å². The topological polar surface area (TPSA) is 110 Å². The number of nitrogens with zero attached hydrogens (tertiary/aromatic N) is 3. The number of aromatic nitrogens is 2. The summed E-state index contributed by atoms with van der Waals surface area (Å²) < 4.78 is 34.6. The molecule has 3 aromatic carbocycles. The molecule has 5 aromatic rings. The summed E-state index contributed by atoms with van der Waals surface area (Å²) in [4.78, 5) is 21.0. The Bertz CT molecular complexity index is 1710. The normalized spacial score (nSPS) is 11.3. The number of anilines is 1. The van der Waals surface area contributed by atoms with Crippen LogP contribution >= 0.6 is 0 Å². The second kappa shape index (κ2) is 10.3. The van der Waals surface area contributed by atoms with Crippen LogP contribution < -0.4 is 9.04 Å². The minimum Gasteiger partial charge on any atom is -0.497 e. The first-order chi connectivity index (χ1) is 18.4. The number of benzene rings is 3. The average molecular weight is 526 g/mol. The number of fused-ring (bicyclic) bond motifs is 1. The number of methoxy groups -OCH3 is 1. The summed E-state index contributed by atoms with van der Waals surface area (Å²) in [5.74, 6) is -0.795. The van der Waals surface area contributed by atoms with Crippen molar-refractivity contribution in [3.05, 3.63) is 115 Å². The quantitative estimate of drug-likeness (QED) is 0.289. The maximum Gasteiger partial charge on any atom is 0.339 e. The average Bonchev–Trinajstić information content (AvgIpc) is 2.96. The molecule has 0 aliphatic carbocycles. The van der Waals surface area contributed by atoms with E-state index in [1.165, 1.54) is 25.4 Å². The van der Waals surface area contributed by atoms with Gasteiger partial charge in [-0.1, -0.05) is 54.6 Å². The molecule has 8 nitrogen and oxygen atoms in total. The number of hydrogen-bond acceptors (Lipinski definition) is 6. The highest BCUT2D eigenvalue weighted by Crippen LogP contribution is 2.38. The van der Waals surface area contributed by atoms with Crippen LogP contribution in [0.4, 0.5) is 5.69 Å². The van der Waals surface area contributed by atoms with E-state index in [0.29, 0.717) is 22.2 Å². The number of aromatic carboxylic acids is 1. The monoisotopic (exact) mass is 525 g/mol. The third kappa shape index (κ3) is 4.67. The molecule has 5 rings (SSSR count). The molecule has 1 N–H and O–H groups in total. The van der Waals surface area contributed by atoms with Gasteiger partial charge in [0.15, 0.2) is 0 Å². The number of ether oxygens (including phenoxy) is 1. The van der Waals surface area contributed by atoms with Crippen molar-refractivity contribution in [1.29, 1.82) is 0 Å². The minimum atomic E-state index is -4.24. The van der Waals surface area contributed by atoms with Gasteiger partial charge in [-0.05, 0) is 41.5 Å². The lowest BCUT2D eigenvalue weighted by molar-refractivity contribution is 0.0697. The van der Waals surface area contributed by atoms with E-state index in [-0.39, 0.29) is 22.7 Å². The largest absolute Gasteiger partial charge is 0.497 e. The molecule has 0 amide bonds. The van der Waals surface area contributed by atoms with E-state index in [0.717, 1.165) is 15.4 Å². The van der Waals surface area contributed by atoms with Crippen LogP contribution in [0.15, 0.2) is 108 Å². The Balaban J connectivity index is 1.80. The Hall–Kier alpha value is -4.76. The van der Waals surface area contributed by atoms with Gasteiger partial charge in [-0.25, -0.2) is 13.2 Å². The van der Waals surface area contributed by atoms with Crippen molar-refractivity contribution in [3.8, 4) is 16.9 Å².